The van der Waals surface area contributed by atoms with Gasteiger partial charge in [-0.25, -0.2) is 0 Å². The van der Waals surface area contributed by atoms with E-state index in [9.17, 15) is 4.79 Å². The standard InChI is InChI=1S/C13H18N4OS/c1-6-8-9(14)10(19-12(8)17(4)16-6)11(18)15-7-5-13(7,2)3/h7H,5,14H2,1-4H3,(H,15,18). The molecule has 0 aliphatic heterocycles. The van der Waals surface area contributed by atoms with Gasteiger partial charge in [0.2, 0.25) is 0 Å². The van der Waals surface area contributed by atoms with E-state index in [0.717, 1.165) is 22.3 Å². The van der Waals surface area contributed by atoms with Crippen molar-refractivity contribution in [1.29, 1.82) is 0 Å². The summed E-state index contributed by atoms with van der Waals surface area (Å²) in [5.41, 5.74) is 7.76. The van der Waals surface area contributed by atoms with E-state index in [1.807, 2.05) is 14.0 Å². The molecule has 3 N–H and O–H groups in total. The van der Waals surface area contributed by atoms with E-state index in [1.165, 1.54) is 11.3 Å². The van der Waals surface area contributed by atoms with Crippen LogP contribution in [0, 0.1) is 12.3 Å². The topological polar surface area (TPSA) is 72.9 Å². The first-order chi connectivity index (χ1) is 8.81. The maximum atomic E-state index is 12.3. The number of nitrogen functional groups attached to an aromatic ring is 1. The van der Waals surface area contributed by atoms with Gasteiger partial charge in [-0.1, -0.05) is 13.8 Å². The summed E-state index contributed by atoms with van der Waals surface area (Å²) in [5.74, 6) is -0.0614. The van der Waals surface area contributed by atoms with Gasteiger partial charge in [0.25, 0.3) is 5.91 Å². The first kappa shape index (κ1) is 12.5. The van der Waals surface area contributed by atoms with Gasteiger partial charge in [-0.15, -0.1) is 11.3 Å². The number of hydrogen-bond acceptors (Lipinski definition) is 4. The summed E-state index contributed by atoms with van der Waals surface area (Å²) in [6.45, 7) is 6.22. The van der Waals surface area contributed by atoms with Gasteiger partial charge in [0.15, 0.2) is 0 Å². The van der Waals surface area contributed by atoms with E-state index in [4.69, 9.17) is 5.73 Å². The third-order valence-electron chi connectivity index (χ3n) is 3.91. The SMILES string of the molecule is Cc1nn(C)c2sc(C(=O)NC3CC3(C)C)c(N)c12. The molecular formula is C13H18N4OS. The smallest absolute Gasteiger partial charge is 0.263 e. The number of aryl methyl sites for hydroxylation is 2. The molecule has 6 heteroatoms. The molecular weight excluding hydrogens is 260 g/mol. The highest BCUT2D eigenvalue weighted by Gasteiger charge is 2.46. The van der Waals surface area contributed by atoms with Crippen LogP contribution in [0.15, 0.2) is 0 Å². The van der Waals surface area contributed by atoms with Crippen LogP contribution in [-0.4, -0.2) is 21.7 Å². The van der Waals surface area contributed by atoms with Crippen molar-refractivity contribution >= 4 is 33.1 Å². The molecule has 3 rings (SSSR count). The minimum atomic E-state index is -0.0614. The Labute approximate surface area is 115 Å². The molecule has 102 valence electrons. The Bertz CT molecular complexity index is 682. The number of nitrogens with one attached hydrogen (secondary N) is 1. The van der Waals surface area contributed by atoms with Crippen molar-refractivity contribution in [3.63, 3.8) is 0 Å². The summed E-state index contributed by atoms with van der Waals surface area (Å²) < 4.78 is 1.78. The lowest BCUT2D eigenvalue weighted by Crippen LogP contribution is -2.28. The first-order valence-electron chi connectivity index (χ1n) is 6.33. The maximum Gasteiger partial charge on any atom is 0.263 e. The Morgan fingerprint density at radius 2 is 2.21 bits per heavy atom. The van der Waals surface area contributed by atoms with Gasteiger partial charge in [0.05, 0.1) is 16.8 Å². The van der Waals surface area contributed by atoms with Crippen LogP contribution in [0.3, 0.4) is 0 Å². The van der Waals surface area contributed by atoms with Crippen molar-refractivity contribution in [3.05, 3.63) is 10.6 Å². The Morgan fingerprint density at radius 1 is 1.58 bits per heavy atom. The number of anilines is 1. The number of fused-ring (bicyclic) bond motifs is 1. The predicted octanol–water partition coefficient (Wildman–Crippen LogP) is 2.05. The Balaban J connectivity index is 1.95. The van der Waals surface area contributed by atoms with Crippen molar-refractivity contribution in [3.8, 4) is 0 Å². The second-order valence-corrected chi connectivity index (χ2v) is 6.95. The fraction of sp³-hybridized carbons (Fsp3) is 0.538. The normalized spacial score (nSPS) is 20.7. The van der Waals surface area contributed by atoms with E-state index in [1.54, 1.807) is 4.68 Å². The van der Waals surface area contributed by atoms with E-state index in [0.29, 0.717) is 10.6 Å². The monoisotopic (exact) mass is 278 g/mol. The summed E-state index contributed by atoms with van der Waals surface area (Å²) in [6.07, 6.45) is 1.03. The lowest BCUT2D eigenvalue weighted by Gasteiger charge is -2.06. The number of amides is 1. The number of thiophene rings is 1. The van der Waals surface area contributed by atoms with Crippen LogP contribution in [0.2, 0.25) is 0 Å². The van der Waals surface area contributed by atoms with Gasteiger partial charge >= 0.3 is 0 Å². The van der Waals surface area contributed by atoms with Crippen molar-refractivity contribution in [2.45, 2.75) is 33.2 Å². The van der Waals surface area contributed by atoms with Gasteiger partial charge in [0, 0.05) is 13.1 Å². The highest BCUT2D eigenvalue weighted by Crippen LogP contribution is 2.45. The highest BCUT2D eigenvalue weighted by atomic mass is 32.1. The number of aromatic nitrogens is 2. The molecule has 2 heterocycles. The Hall–Kier alpha value is -1.56. The third kappa shape index (κ3) is 1.82. The molecule has 0 aromatic carbocycles. The van der Waals surface area contributed by atoms with Crippen LogP contribution in [-0.2, 0) is 7.05 Å². The molecule has 1 atom stereocenters. The summed E-state index contributed by atoms with van der Waals surface area (Å²) in [4.78, 5) is 13.8. The van der Waals surface area contributed by atoms with Crippen LogP contribution in [0.1, 0.15) is 35.6 Å². The number of nitrogens with zero attached hydrogens (tertiary/aromatic N) is 2. The van der Waals surface area contributed by atoms with Gasteiger partial charge in [0.1, 0.15) is 9.71 Å². The van der Waals surface area contributed by atoms with Crippen molar-refractivity contribution in [2.24, 2.45) is 12.5 Å². The van der Waals surface area contributed by atoms with Crippen molar-refractivity contribution < 1.29 is 4.79 Å². The number of nitrogens with two attached hydrogens (primary N) is 1. The fourth-order valence-electron chi connectivity index (χ4n) is 2.44. The molecule has 0 saturated heterocycles. The van der Waals surface area contributed by atoms with E-state index < -0.39 is 0 Å². The average molecular weight is 278 g/mol. The van der Waals surface area contributed by atoms with Crippen LogP contribution in [0.5, 0.6) is 0 Å². The van der Waals surface area contributed by atoms with Crippen molar-refractivity contribution in [2.75, 3.05) is 5.73 Å². The molecule has 0 bridgehead atoms. The number of carbonyl (C=O) groups is 1. The Morgan fingerprint density at radius 3 is 2.74 bits per heavy atom. The largest absolute Gasteiger partial charge is 0.397 e. The van der Waals surface area contributed by atoms with E-state index in [-0.39, 0.29) is 17.4 Å². The van der Waals surface area contributed by atoms with Crippen LogP contribution in [0.25, 0.3) is 10.2 Å². The zero-order valence-corrected chi connectivity index (χ0v) is 12.4. The summed E-state index contributed by atoms with van der Waals surface area (Å²) >= 11 is 1.41. The van der Waals surface area contributed by atoms with Gasteiger partial charge in [-0.2, -0.15) is 5.10 Å². The molecule has 5 nitrogen and oxygen atoms in total. The maximum absolute atomic E-state index is 12.3. The van der Waals surface area contributed by atoms with Gasteiger partial charge in [-0.05, 0) is 18.8 Å². The minimum Gasteiger partial charge on any atom is -0.397 e. The molecule has 1 aliphatic rings. The summed E-state index contributed by atoms with van der Waals surface area (Å²) in [6, 6.07) is 0.267. The predicted molar refractivity (Wildman–Crippen MR) is 77.4 cm³/mol. The molecule has 1 fully saturated rings. The second kappa shape index (κ2) is 3.72. The lowest BCUT2D eigenvalue weighted by atomic mass is 10.2. The first-order valence-corrected chi connectivity index (χ1v) is 7.15. The molecule has 1 unspecified atom stereocenters. The zero-order chi connectivity index (χ0) is 13.9. The molecule has 0 spiro atoms. The average Bonchev–Trinajstić information content (AvgIpc) is 2.67. The summed E-state index contributed by atoms with van der Waals surface area (Å²) in [5, 5.41) is 8.29. The molecule has 1 aliphatic carbocycles. The Kier molecular flexibility index (Phi) is 2.44. The number of rotatable bonds is 2. The molecule has 1 saturated carbocycles. The van der Waals surface area contributed by atoms with E-state index >= 15 is 0 Å². The van der Waals surface area contributed by atoms with Crippen LogP contribution in [0.4, 0.5) is 5.69 Å². The third-order valence-corrected chi connectivity index (χ3v) is 5.18. The number of carbonyl (C=O) groups excluding carboxylic acids is 1. The molecule has 2 aromatic rings. The van der Waals surface area contributed by atoms with Gasteiger partial charge < -0.3 is 11.1 Å². The molecule has 19 heavy (non-hydrogen) atoms. The molecule has 2 aromatic heterocycles. The van der Waals surface area contributed by atoms with Gasteiger partial charge in [-0.3, -0.25) is 9.48 Å². The number of hydrogen-bond donors (Lipinski definition) is 2. The zero-order valence-electron chi connectivity index (χ0n) is 11.6. The fourth-order valence-corrected chi connectivity index (χ4v) is 3.53. The second-order valence-electron chi connectivity index (χ2n) is 5.95. The summed E-state index contributed by atoms with van der Waals surface area (Å²) in [7, 11) is 1.87. The molecule has 0 radical (unpaired) electrons. The minimum absolute atomic E-state index is 0.0614. The quantitative estimate of drug-likeness (QED) is 0.883. The van der Waals surface area contributed by atoms with E-state index in [2.05, 4.69) is 24.3 Å². The van der Waals surface area contributed by atoms with Crippen LogP contribution < -0.4 is 11.1 Å². The van der Waals surface area contributed by atoms with Crippen molar-refractivity contribution in [1.82, 2.24) is 15.1 Å². The van der Waals surface area contributed by atoms with Crippen LogP contribution >= 0.6 is 11.3 Å². The highest BCUT2D eigenvalue weighted by molar-refractivity contribution is 7.21. The lowest BCUT2D eigenvalue weighted by molar-refractivity contribution is 0.0951. The molecule has 1 amide bonds.